The second kappa shape index (κ2) is 7.61. The molecule has 0 atom stereocenters. The fourth-order valence-electron chi connectivity index (χ4n) is 3.30. The summed E-state index contributed by atoms with van der Waals surface area (Å²) < 4.78 is 13.1. The fourth-order valence-corrected chi connectivity index (χ4v) is 3.30. The smallest absolute Gasteiger partial charge is 0.128 e. The van der Waals surface area contributed by atoms with Crippen molar-refractivity contribution in [2.75, 3.05) is 14.2 Å². The molecule has 0 bridgehead atoms. The zero-order valence-corrected chi connectivity index (χ0v) is 16.2. The van der Waals surface area contributed by atoms with Crippen molar-refractivity contribution >= 4 is 0 Å². The van der Waals surface area contributed by atoms with Gasteiger partial charge in [-0.15, -0.1) is 0 Å². The largest absolute Gasteiger partial charge is 0.496 e. The molecular formula is C24H22N2O2. The van der Waals surface area contributed by atoms with E-state index in [4.69, 9.17) is 14.6 Å². The number of aryl methyl sites for hydroxylation is 1. The Morgan fingerprint density at radius 1 is 0.714 bits per heavy atom. The normalized spacial score (nSPS) is 10.7. The van der Waals surface area contributed by atoms with Gasteiger partial charge in [-0.1, -0.05) is 42.0 Å². The second-order valence-electron chi connectivity index (χ2n) is 6.56. The molecule has 0 amide bonds. The van der Waals surface area contributed by atoms with E-state index >= 15 is 0 Å². The van der Waals surface area contributed by atoms with E-state index in [-0.39, 0.29) is 0 Å². The van der Waals surface area contributed by atoms with Crippen molar-refractivity contribution in [2.45, 2.75) is 6.92 Å². The maximum absolute atomic E-state index is 5.60. The van der Waals surface area contributed by atoms with Crippen LogP contribution in [-0.2, 0) is 0 Å². The van der Waals surface area contributed by atoms with Gasteiger partial charge in [-0.05, 0) is 49.4 Å². The van der Waals surface area contributed by atoms with Crippen molar-refractivity contribution < 1.29 is 9.47 Å². The Labute approximate surface area is 165 Å². The summed E-state index contributed by atoms with van der Waals surface area (Å²) in [6.45, 7) is 2.08. The minimum atomic E-state index is 0.794. The highest BCUT2D eigenvalue weighted by Gasteiger charge is 2.17. The predicted molar refractivity (Wildman–Crippen MR) is 112 cm³/mol. The number of ether oxygens (including phenoxy) is 2. The first-order chi connectivity index (χ1) is 13.7. The molecule has 140 valence electrons. The molecule has 4 rings (SSSR count). The number of nitrogens with zero attached hydrogens (tertiary/aromatic N) is 2. The Morgan fingerprint density at radius 3 is 1.93 bits per heavy atom. The topological polar surface area (TPSA) is 36.3 Å². The maximum Gasteiger partial charge on any atom is 0.128 e. The lowest BCUT2D eigenvalue weighted by atomic mass is 10.1. The summed E-state index contributed by atoms with van der Waals surface area (Å²) in [4.78, 5) is 0. The van der Waals surface area contributed by atoms with Crippen LogP contribution in [0.25, 0.3) is 28.2 Å². The van der Waals surface area contributed by atoms with Crippen LogP contribution in [0.15, 0.2) is 78.9 Å². The van der Waals surface area contributed by atoms with E-state index in [1.54, 1.807) is 14.2 Å². The zero-order valence-electron chi connectivity index (χ0n) is 16.2. The van der Waals surface area contributed by atoms with Crippen LogP contribution in [0.4, 0.5) is 0 Å². The van der Waals surface area contributed by atoms with Crippen molar-refractivity contribution in [3.63, 3.8) is 0 Å². The molecule has 1 heterocycles. The number of methoxy groups -OCH3 is 2. The lowest BCUT2D eigenvalue weighted by Crippen LogP contribution is -2.00. The number of aromatic nitrogens is 2. The molecule has 0 aliphatic rings. The lowest BCUT2D eigenvalue weighted by molar-refractivity contribution is 0.416. The molecule has 0 radical (unpaired) electrons. The van der Waals surface area contributed by atoms with E-state index in [1.165, 1.54) is 5.56 Å². The van der Waals surface area contributed by atoms with Gasteiger partial charge in [0.2, 0.25) is 0 Å². The van der Waals surface area contributed by atoms with Gasteiger partial charge in [0.15, 0.2) is 0 Å². The van der Waals surface area contributed by atoms with Gasteiger partial charge >= 0.3 is 0 Å². The fraction of sp³-hybridized carbons (Fsp3) is 0.125. The summed E-state index contributed by atoms with van der Waals surface area (Å²) in [5.41, 5.74) is 5.94. The van der Waals surface area contributed by atoms with Crippen molar-refractivity contribution in [3.05, 3.63) is 84.4 Å². The molecule has 4 nitrogen and oxygen atoms in total. The monoisotopic (exact) mass is 370 g/mol. The molecule has 3 aromatic carbocycles. The molecule has 0 unspecified atom stereocenters. The summed E-state index contributed by atoms with van der Waals surface area (Å²) in [5, 5.41) is 4.92. The molecule has 0 fully saturated rings. The maximum atomic E-state index is 5.60. The van der Waals surface area contributed by atoms with Gasteiger partial charge in [-0.2, -0.15) is 5.10 Å². The van der Waals surface area contributed by atoms with Crippen LogP contribution >= 0.6 is 0 Å². The van der Waals surface area contributed by atoms with Crippen LogP contribution < -0.4 is 9.47 Å². The van der Waals surface area contributed by atoms with E-state index in [0.29, 0.717) is 0 Å². The van der Waals surface area contributed by atoms with Crippen molar-refractivity contribution in [1.82, 2.24) is 9.78 Å². The number of hydrogen-bond acceptors (Lipinski definition) is 3. The third-order valence-corrected chi connectivity index (χ3v) is 4.75. The highest BCUT2D eigenvalue weighted by Crippen LogP contribution is 2.36. The highest BCUT2D eigenvalue weighted by molar-refractivity contribution is 5.76. The van der Waals surface area contributed by atoms with E-state index in [1.807, 2.05) is 53.2 Å². The van der Waals surface area contributed by atoms with E-state index < -0.39 is 0 Å². The summed E-state index contributed by atoms with van der Waals surface area (Å²) >= 11 is 0. The standard InChI is InChI=1S/C24H22N2O2/c1-17-12-14-18(15-13-17)26-22(20-9-5-7-11-24(20)28-3)16-21(25-26)19-8-4-6-10-23(19)27-2/h4-16H,1-3H3. The minimum absolute atomic E-state index is 0.794. The third-order valence-electron chi connectivity index (χ3n) is 4.75. The van der Waals surface area contributed by atoms with Crippen LogP contribution in [0.5, 0.6) is 11.5 Å². The lowest BCUT2D eigenvalue weighted by Gasteiger charge is -2.11. The quantitative estimate of drug-likeness (QED) is 0.463. The molecule has 0 saturated heterocycles. The van der Waals surface area contributed by atoms with Crippen LogP contribution in [0.1, 0.15) is 5.56 Å². The first kappa shape index (κ1) is 17.9. The third kappa shape index (κ3) is 3.25. The number of rotatable bonds is 5. The summed E-state index contributed by atoms with van der Waals surface area (Å²) in [7, 11) is 3.36. The molecule has 0 N–H and O–H groups in total. The van der Waals surface area contributed by atoms with Crippen molar-refractivity contribution in [1.29, 1.82) is 0 Å². The first-order valence-electron chi connectivity index (χ1n) is 9.15. The first-order valence-corrected chi connectivity index (χ1v) is 9.15. The molecule has 28 heavy (non-hydrogen) atoms. The van der Waals surface area contributed by atoms with E-state index in [2.05, 4.69) is 37.3 Å². The molecule has 0 spiro atoms. The molecule has 0 saturated carbocycles. The number of hydrogen-bond donors (Lipinski definition) is 0. The molecule has 0 aliphatic heterocycles. The SMILES string of the molecule is COc1ccccc1-c1cc(-c2ccccc2OC)n(-c2ccc(C)cc2)n1. The van der Waals surface area contributed by atoms with E-state index in [0.717, 1.165) is 39.7 Å². The Hall–Kier alpha value is -3.53. The summed E-state index contributed by atoms with van der Waals surface area (Å²) in [5.74, 6) is 1.60. The summed E-state index contributed by atoms with van der Waals surface area (Å²) in [6.07, 6.45) is 0. The second-order valence-corrected chi connectivity index (χ2v) is 6.56. The molecule has 1 aromatic heterocycles. The summed E-state index contributed by atoms with van der Waals surface area (Å²) in [6, 6.07) is 26.3. The predicted octanol–water partition coefficient (Wildman–Crippen LogP) is 5.53. The van der Waals surface area contributed by atoms with Crippen molar-refractivity contribution in [3.8, 4) is 39.7 Å². The van der Waals surface area contributed by atoms with Crippen LogP contribution in [-0.4, -0.2) is 24.0 Å². The van der Waals surface area contributed by atoms with Gasteiger partial charge in [-0.25, -0.2) is 4.68 Å². The van der Waals surface area contributed by atoms with Crippen LogP contribution in [0.2, 0.25) is 0 Å². The average Bonchev–Trinajstić information content (AvgIpc) is 3.19. The molecule has 0 aliphatic carbocycles. The van der Waals surface area contributed by atoms with Crippen LogP contribution in [0.3, 0.4) is 0 Å². The molecule has 4 aromatic rings. The van der Waals surface area contributed by atoms with Gasteiger partial charge in [-0.3, -0.25) is 0 Å². The number of para-hydroxylation sites is 2. The van der Waals surface area contributed by atoms with Gasteiger partial charge in [0.1, 0.15) is 11.5 Å². The average molecular weight is 370 g/mol. The van der Waals surface area contributed by atoms with E-state index in [9.17, 15) is 0 Å². The Bertz CT molecular complexity index is 1100. The Kier molecular flexibility index (Phi) is 4.85. The highest BCUT2D eigenvalue weighted by atomic mass is 16.5. The zero-order chi connectivity index (χ0) is 19.5. The Balaban J connectivity index is 1.95. The van der Waals surface area contributed by atoms with Gasteiger partial charge in [0.25, 0.3) is 0 Å². The molecular weight excluding hydrogens is 348 g/mol. The van der Waals surface area contributed by atoms with Gasteiger partial charge in [0, 0.05) is 11.1 Å². The minimum Gasteiger partial charge on any atom is -0.496 e. The van der Waals surface area contributed by atoms with Crippen LogP contribution in [0, 0.1) is 6.92 Å². The Morgan fingerprint density at radius 2 is 1.29 bits per heavy atom. The van der Waals surface area contributed by atoms with Gasteiger partial charge in [0.05, 0.1) is 31.3 Å². The van der Waals surface area contributed by atoms with Gasteiger partial charge < -0.3 is 9.47 Å². The molecule has 4 heteroatoms. The number of benzene rings is 3. The van der Waals surface area contributed by atoms with Crippen molar-refractivity contribution in [2.24, 2.45) is 0 Å².